The van der Waals surface area contributed by atoms with Crippen molar-refractivity contribution in [2.75, 3.05) is 25.5 Å². The van der Waals surface area contributed by atoms with Gasteiger partial charge in [0, 0.05) is 50.4 Å². The molecule has 1 atom stereocenters. The Morgan fingerprint density at radius 2 is 1.79 bits per heavy atom. The Morgan fingerprint density at radius 1 is 1.06 bits per heavy atom. The summed E-state index contributed by atoms with van der Waals surface area (Å²) in [4.78, 5) is 27.6. The Hall–Kier alpha value is -3.52. The van der Waals surface area contributed by atoms with Crippen LogP contribution in [0.4, 0.5) is 11.5 Å². The molecule has 1 saturated heterocycles. The van der Waals surface area contributed by atoms with E-state index < -0.39 is 6.10 Å². The van der Waals surface area contributed by atoms with Crippen LogP contribution in [0.1, 0.15) is 36.9 Å². The average molecular weight is 448 g/mol. The van der Waals surface area contributed by atoms with Crippen molar-refractivity contribution in [1.29, 1.82) is 0 Å². The first kappa shape index (κ1) is 22.7. The largest absolute Gasteiger partial charge is 0.437 e. The molecule has 1 aliphatic rings. The quantitative estimate of drug-likeness (QED) is 0.572. The summed E-state index contributed by atoms with van der Waals surface area (Å²) in [5.74, 6) is 2.19. The lowest BCUT2D eigenvalue weighted by molar-refractivity contribution is -0.142. The first-order valence-corrected chi connectivity index (χ1v) is 11.1. The third kappa shape index (κ3) is 5.64. The number of anilines is 2. The Bertz CT molecular complexity index is 1060. The van der Waals surface area contributed by atoms with Gasteiger partial charge in [0.1, 0.15) is 23.4 Å². The monoisotopic (exact) mass is 447 g/mol. The smallest absolute Gasteiger partial charge is 0.251 e. The van der Waals surface area contributed by atoms with E-state index in [1.807, 2.05) is 54.4 Å². The number of carbonyl (C=O) groups excluding carboxylic acids is 1. The van der Waals surface area contributed by atoms with Crippen molar-refractivity contribution in [3.05, 3.63) is 66.2 Å². The molecule has 8 heteroatoms. The molecule has 0 radical (unpaired) electrons. The van der Waals surface area contributed by atoms with Gasteiger partial charge in [-0.3, -0.25) is 9.78 Å². The summed E-state index contributed by atoms with van der Waals surface area (Å²) in [7, 11) is 1.56. The number of benzene rings is 1. The number of ether oxygens (including phenoxy) is 2. The predicted octanol–water partition coefficient (Wildman–Crippen LogP) is 4.46. The Kier molecular flexibility index (Phi) is 7.14. The van der Waals surface area contributed by atoms with Crippen LogP contribution in [0, 0.1) is 6.92 Å². The molecule has 4 rings (SSSR count). The number of amides is 1. The maximum atomic E-state index is 12.4. The molecule has 1 fully saturated rings. The molecule has 1 unspecified atom stereocenters. The molecular weight excluding hydrogens is 418 g/mol. The SMILES string of the molecule is COC(C)C(=O)N1CCC(c2nccnc2Oc2ccc(Nc3ccc(C)cn3)cc2)CC1. The minimum atomic E-state index is -0.420. The number of carbonyl (C=O) groups is 1. The number of hydrogen-bond acceptors (Lipinski definition) is 7. The van der Waals surface area contributed by atoms with E-state index in [9.17, 15) is 4.79 Å². The molecule has 8 nitrogen and oxygen atoms in total. The molecule has 0 saturated carbocycles. The van der Waals surface area contributed by atoms with Crippen molar-refractivity contribution in [3.8, 4) is 11.6 Å². The molecule has 1 amide bonds. The molecule has 1 aliphatic heterocycles. The van der Waals surface area contributed by atoms with E-state index in [1.165, 1.54) is 0 Å². The second-order valence-electron chi connectivity index (χ2n) is 8.20. The van der Waals surface area contributed by atoms with E-state index in [0.29, 0.717) is 24.7 Å². The summed E-state index contributed by atoms with van der Waals surface area (Å²) < 4.78 is 11.3. The lowest BCUT2D eigenvalue weighted by atomic mass is 9.93. The number of methoxy groups -OCH3 is 1. The molecule has 3 aromatic rings. The highest BCUT2D eigenvalue weighted by atomic mass is 16.5. The fourth-order valence-corrected chi connectivity index (χ4v) is 3.83. The Labute approximate surface area is 194 Å². The normalized spacial score (nSPS) is 15.2. The molecular formula is C25H29N5O3. The zero-order valence-electron chi connectivity index (χ0n) is 19.2. The second-order valence-corrected chi connectivity index (χ2v) is 8.20. The first-order chi connectivity index (χ1) is 16.0. The Morgan fingerprint density at radius 3 is 2.45 bits per heavy atom. The van der Waals surface area contributed by atoms with Gasteiger partial charge in [-0.1, -0.05) is 6.07 Å². The third-order valence-electron chi connectivity index (χ3n) is 5.84. The highest BCUT2D eigenvalue weighted by Crippen LogP contribution is 2.34. The summed E-state index contributed by atoms with van der Waals surface area (Å²) in [6.45, 7) is 5.12. The van der Waals surface area contributed by atoms with Crippen LogP contribution < -0.4 is 10.1 Å². The summed E-state index contributed by atoms with van der Waals surface area (Å²) in [5.41, 5.74) is 2.86. The number of pyridine rings is 1. The van der Waals surface area contributed by atoms with E-state index in [4.69, 9.17) is 9.47 Å². The standard InChI is InChI=1S/C25H29N5O3/c1-17-4-9-22(28-16-17)29-20-5-7-21(8-6-20)33-24-23(26-12-13-27-24)19-10-14-30(15-11-19)25(31)18(2)32-3/h4-9,12-13,16,18-19H,10-11,14-15H2,1-3H3,(H,28,29). The van der Waals surface area contributed by atoms with Gasteiger partial charge in [0.2, 0.25) is 5.88 Å². The second kappa shape index (κ2) is 10.4. The lowest BCUT2D eigenvalue weighted by Gasteiger charge is -2.33. The van der Waals surface area contributed by atoms with Crippen LogP contribution in [0.5, 0.6) is 11.6 Å². The molecule has 33 heavy (non-hydrogen) atoms. The van der Waals surface area contributed by atoms with E-state index in [1.54, 1.807) is 26.4 Å². The van der Waals surface area contributed by atoms with Crippen molar-refractivity contribution in [2.24, 2.45) is 0 Å². The molecule has 1 N–H and O–H groups in total. The highest BCUT2D eigenvalue weighted by molar-refractivity contribution is 5.80. The van der Waals surface area contributed by atoms with Crippen LogP contribution >= 0.6 is 0 Å². The maximum Gasteiger partial charge on any atom is 0.251 e. The van der Waals surface area contributed by atoms with Crippen molar-refractivity contribution < 1.29 is 14.3 Å². The van der Waals surface area contributed by atoms with Crippen molar-refractivity contribution in [1.82, 2.24) is 19.9 Å². The van der Waals surface area contributed by atoms with Crippen LogP contribution in [0.25, 0.3) is 0 Å². The van der Waals surface area contributed by atoms with Gasteiger partial charge in [-0.05, 0) is 62.6 Å². The fourth-order valence-electron chi connectivity index (χ4n) is 3.83. The molecule has 0 aliphatic carbocycles. The average Bonchev–Trinajstić information content (AvgIpc) is 2.86. The van der Waals surface area contributed by atoms with Crippen LogP contribution in [0.2, 0.25) is 0 Å². The van der Waals surface area contributed by atoms with Crippen molar-refractivity contribution in [3.63, 3.8) is 0 Å². The number of piperidine rings is 1. The molecule has 0 bridgehead atoms. The van der Waals surface area contributed by atoms with E-state index >= 15 is 0 Å². The third-order valence-corrected chi connectivity index (χ3v) is 5.84. The number of hydrogen-bond donors (Lipinski definition) is 1. The number of aromatic nitrogens is 3. The lowest BCUT2D eigenvalue weighted by Crippen LogP contribution is -2.43. The number of nitrogens with zero attached hydrogens (tertiary/aromatic N) is 4. The maximum absolute atomic E-state index is 12.4. The summed E-state index contributed by atoms with van der Waals surface area (Å²) >= 11 is 0. The van der Waals surface area contributed by atoms with Gasteiger partial charge >= 0.3 is 0 Å². The van der Waals surface area contributed by atoms with Crippen LogP contribution in [-0.2, 0) is 9.53 Å². The predicted molar refractivity (Wildman–Crippen MR) is 126 cm³/mol. The minimum absolute atomic E-state index is 0.0288. The minimum Gasteiger partial charge on any atom is -0.437 e. The van der Waals surface area contributed by atoms with Gasteiger partial charge in [0.15, 0.2) is 0 Å². The molecule has 1 aromatic carbocycles. The number of aryl methyl sites for hydroxylation is 1. The molecule has 0 spiro atoms. The zero-order valence-corrected chi connectivity index (χ0v) is 19.2. The van der Waals surface area contributed by atoms with Crippen LogP contribution in [-0.4, -0.2) is 52.1 Å². The molecule has 172 valence electrons. The zero-order chi connectivity index (χ0) is 23.2. The van der Waals surface area contributed by atoms with E-state index in [0.717, 1.165) is 35.6 Å². The van der Waals surface area contributed by atoms with Crippen LogP contribution in [0.3, 0.4) is 0 Å². The van der Waals surface area contributed by atoms with E-state index in [2.05, 4.69) is 20.3 Å². The van der Waals surface area contributed by atoms with Crippen molar-refractivity contribution >= 4 is 17.4 Å². The van der Waals surface area contributed by atoms with Gasteiger partial charge in [-0.25, -0.2) is 9.97 Å². The summed E-state index contributed by atoms with van der Waals surface area (Å²) in [6, 6.07) is 11.6. The van der Waals surface area contributed by atoms with Gasteiger partial charge in [-0.15, -0.1) is 0 Å². The number of likely N-dealkylation sites (tertiary alicyclic amines) is 1. The van der Waals surface area contributed by atoms with Crippen LogP contribution in [0.15, 0.2) is 55.0 Å². The number of nitrogens with one attached hydrogen (secondary N) is 1. The van der Waals surface area contributed by atoms with Gasteiger partial charge < -0.3 is 19.7 Å². The topological polar surface area (TPSA) is 89.5 Å². The summed E-state index contributed by atoms with van der Waals surface area (Å²) in [6.07, 6.45) is 6.35. The molecule has 2 aromatic heterocycles. The first-order valence-electron chi connectivity index (χ1n) is 11.1. The molecule has 3 heterocycles. The van der Waals surface area contributed by atoms with Gasteiger partial charge in [0.05, 0.1) is 0 Å². The highest BCUT2D eigenvalue weighted by Gasteiger charge is 2.29. The van der Waals surface area contributed by atoms with Gasteiger partial charge in [0.25, 0.3) is 5.91 Å². The van der Waals surface area contributed by atoms with E-state index in [-0.39, 0.29) is 11.8 Å². The summed E-state index contributed by atoms with van der Waals surface area (Å²) in [5, 5.41) is 3.27. The fraction of sp³-hybridized carbons (Fsp3) is 0.360. The Balaban J connectivity index is 1.40. The van der Waals surface area contributed by atoms with Crippen molar-refractivity contribution in [2.45, 2.75) is 38.7 Å². The number of rotatable bonds is 7. The van der Waals surface area contributed by atoms with Gasteiger partial charge in [-0.2, -0.15) is 0 Å².